The lowest BCUT2D eigenvalue weighted by molar-refractivity contribution is -0.135. The van der Waals surface area contributed by atoms with Crippen LogP contribution in [0, 0.1) is 5.92 Å². The zero-order chi connectivity index (χ0) is 38.4. The number of carbonyl (C=O) groups excluding carboxylic acids is 4. The number of nitrogens with zero attached hydrogens (tertiary/aromatic N) is 4. The minimum Gasteiger partial charge on any atom is -0.488 e. The molecule has 0 saturated carbocycles. The van der Waals surface area contributed by atoms with E-state index in [0.717, 1.165) is 82.0 Å². The summed E-state index contributed by atoms with van der Waals surface area (Å²) in [6, 6.07) is 7.03. The number of H-pyrrole nitrogens is 2. The minimum atomic E-state index is -0.710. The van der Waals surface area contributed by atoms with Gasteiger partial charge in [0.25, 0.3) is 0 Å². The Morgan fingerprint density at radius 3 is 1.85 bits per heavy atom. The van der Waals surface area contributed by atoms with E-state index in [4.69, 9.17) is 19.2 Å². The number of hydrogen-bond donors (Lipinski definition) is 4. The first-order valence-electron chi connectivity index (χ1n) is 18.6. The van der Waals surface area contributed by atoms with E-state index in [2.05, 4.69) is 42.5 Å². The monoisotopic (exact) mass is 752 g/mol. The molecule has 16 nitrogen and oxygen atoms in total. The van der Waals surface area contributed by atoms with Gasteiger partial charge in [-0.1, -0.05) is 13.8 Å². The highest BCUT2D eigenvalue weighted by Gasteiger charge is 2.38. The van der Waals surface area contributed by atoms with E-state index in [1.165, 1.54) is 14.2 Å². The first kappa shape index (κ1) is 35.9. The number of hydrogen-bond acceptors (Lipinski definition) is 10. The highest BCUT2D eigenvalue weighted by Crippen LogP contribution is 2.51. The van der Waals surface area contributed by atoms with Crippen LogP contribution in [0.3, 0.4) is 0 Å². The van der Waals surface area contributed by atoms with Gasteiger partial charge in [-0.25, -0.2) is 19.6 Å². The van der Waals surface area contributed by atoms with Crippen molar-refractivity contribution in [2.45, 2.75) is 70.9 Å². The average Bonchev–Trinajstić information content (AvgIpc) is 4.03. The predicted octanol–water partition coefficient (Wildman–Crippen LogP) is 4.98. The van der Waals surface area contributed by atoms with Gasteiger partial charge in [0.05, 0.1) is 50.1 Å². The van der Waals surface area contributed by atoms with Gasteiger partial charge in [0.2, 0.25) is 11.8 Å². The zero-order valence-corrected chi connectivity index (χ0v) is 31.2. The molecular formula is C39H44N8O8. The maximum Gasteiger partial charge on any atom is 0.407 e. The second-order valence-corrected chi connectivity index (χ2v) is 14.6. The maximum atomic E-state index is 13.6. The SMILES string of the molecule is COC(=O)NCC(=O)N1CCC[C@@H]1c1ncc(-c2cc3c4c(c2)OCc2cc(-c5cnc([C@H]6CCCN6C(=O)C(NC(=O)OC)C(C)C)[nH]5)cc(c2-4)OC3)[nH]1. The molecule has 16 heteroatoms. The first-order valence-corrected chi connectivity index (χ1v) is 18.6. The van der Waals surface area contributed by atoms with Crippen molar-refractivity contribution in [1.82, 2.24) is 40.4 Å². The number of aromatic nitrogens is 4. The molecule has 2 aromatic heterocycles. The molecule has 0 spiro atoms. The van der Waals surface area contributed by atoms with E-state index in [0.29, 0.717) is 38.0 Å². The molecule has 2 aromatic carbocycles. The number of likely N-dealkylation sites (tertiary alicyclic amines) is 2. The normalized spacial score (nSPS) is 18.6. The van der Waals surface area contributed by atoms with Crippen LogP contribution in [-0.4, -0.2) is 93.6 Å². The van der Waals surface area contributed by atoms with E-state index in [1.807, 2.05) is 26.0 Å². The largest absolute Gasteiger partial charge is 0.488 e. The Morgan fingerprint density at radius 2 is 1.33 bits per heavy atom. The van der Waals surface area contributed by atoms with Crippen LogP contribution in [0.15, 0.2) is 36.7 Å². The maximum absolute atomic E-state index is 13.6. The lowest BCUT2D eigenvalue weighted by Crippen LogP contribution is -2.51. The van der Waals surface area contributed by atoms with E-state index < -0.39 is 18.2 Å². The van der Waals surface area contributed by atoms with Gasteiger partial charge in [-0.2, -0.15) is 0 Å². The Balaban J connectivity index is 1.01. The van der Waals surface area contributed by atoms with Crippen molar-refractivity contribution in [3.63, 3.8) is 0 Å². The minimum absolute atomic E-state index is 0.123. The van der Waals surface area contributed by atoms with Crippen molar-refractivity contribution in [3.05, 3.63) is 59.4 Å². The molecule has 2 saturated heterocycles. The Bertz CT molecular complexity index is 2110. The molecule has 4 aromatic rings. The highest BCUT2D eigenvalue weighted by atomic mass is 16.5. The second kappa shape index (κ2) is 14.6. The zero-order valence-electron chi connectivity index (χ0n) is 31.2. The summed E-state index contributed by atoms with van der Waals surface area (Å²) < 4.78 is 22.2. The highest BCUT2D eigenvalue weighted by molar-refractivity contribution is 5.89. The van der Waals surface area contributed by atoms with E-state index in [9.17, 15) is 19.2 Å². The Kier molecular flexibility index (Phi) is 9.57. The van der Waals surface area contributed by atoms with Crippen LogP contribution < -0.4 is 20.1 Å². The van der Waals surface area contributed by atoms with Gasteiger partial charge in [0.15, 0.2) is 0 Å². The van der Waals surface area contributed by atoms with Crippen molar-refractivity contribution >= 4 is 24.0 Å². The molecule has 55 heavy (non-hydrogen) atoms. The summed E-state index contributed by atoms with van der Waals surface area (Å²) in [4.78, 5) is 69.9. The fourth-order valence-electron chi connectivity index (χ4n) is 8.16. The quantitative estimate of drug-likeness (QED) is 0.181. The molecular weight excluding hydrogens is 708 g/mol. The summed E-state index contributed by atoms with van der Waals surface area (Å²) in [7, 11) is 2.54. The number of imidazole rings is 2. The molecule has 2 fully saturated rings. The molecule has 4 amide bonds. The van der Waals surface area contributed by atoms with Gasteiger partial charge in [-0.15, -0.1) is 0 Å². The van der Waals surface area contributed by atoms with Gasteiger partial charge in [0, 0.05) is 46.5 Å². The number of ether oxygens (including phenoxy) is 4. The molecule has 3 atom stereocenters. The summed E-state index contributed by atoms with van der Waals surface area (Å²) in [6.45, 7) is 5.49. The number of methoxy groups -OCH3 is 2. The molecule has 0 radical (unpaired) electrons. The fraction of sp³-hybridized carbons (Fsp3) is 0.436. The van der Waals surface area contributed by atoms with Crippen LogP contribution >= 0.6 is 0 Å². The number of aromatic amines is 2. The second-order valence-electron chi connectivity index (χ2n) is 14.6. The molecule has 288 valence electrons. The Labute approximate surface area is 317 Å². The number of alkyl carbamates (subject to hydrolysis) is 2. The number of carbonyl (C=O) groups is 4. The number of amides is 4. The smallest absolute Gasteiger partial charge is 0.407 e. The van der Waals surface area contributed by atoms with Crippen LogP contribution in [0.2, 0.25) is 0 Å². The van der Waals surface area contributed by atoms with Crippen LogP contribution in [0.1, 0.15) is 74.4 Å². The molecule has 0 aliphatic carbocycles. The number of rotatable bonds is 9. The Morgan fingerprint density at radius 1 is 0.800 bits per heavy atom. The number of nitrogens with one attached hydrogen (secondary N) is 4. The van der Waals surface area contributed by atoms with Gasteiger partial charge in [-0.3, -0.25) is 9.59 Å². The third-order valence-electron chi connectivity index (χ3n) is 10.9. The van der Waals surface area contributed by atoms with Crippen molar-refractivity contribution in [1.29, 1.82) is 0 Å². The topological polar surface area (TPSA) is 193 Å². The third-order valence-corrected chi connectivity index (χ3v) is 10.9. The number of benzene rings is 2. The average molecular weight is 753 g/mol. The predicted molar refractivity (Wildman–Crippen MR) is 198 cm³/mol. The van der Waals surface area contributed by atoms with Crippen LogP contribution in [0.25, 0.3) is 33.6 Å². The molecule has 4 aliphatic rings. The summed E-state index contributed by atoms with van der Waals surface area (Å²) in [6.07, 6.45) is 5.45. The molecule has 6 heterocycles. The van der Waals surface area contributed by atoms with E-state index >= 15 is 0 Å². The molecule has 4 N–H and O–H groups in total. The Hall–Kier alpha value is -6.06. The van der Waals surface area contributed by atoms with E-state index in [-0.39, 0.29) is 36.4 Å². The summed E-state index contributed by atoms with van der Waals surface area (Å²) >= 11 is 0. The van der Waals surface area contributed by atoms with Gasteiger partial charge >= 0.3 is 12.2 Å². The van der Waals surface area contributed by atoms with Crippen LogP contribution in [0.4, 0.5) is 9.59 Å². The van der Waals surface area contributed by atoms with Gasteiger partial charge < -0.3 is 49.3 Å². The lowest BCUT2D eigenvalue weighted by atomic mass is 9.87. The van der Waals surface area contributed by atoms with Gasteiger partial charge in [-0.05, 0) is 55.9 Å². The summed E-state index contributed by atoms with van der Waals surface area (Å²) in [5.74, 6) is 2.42. The van der Waals surface area contributed by atoms with Crippen LogP contribution in [-0.2, 0) is 32.3 Å². The fourth-order valence-corrected chi connectivity index (χ4v) is 8.16. The van der Waals surface area contributed by atoms with Crippen molar-refractivity contribution in [2.24, 2.45) is 5.92 Å². The van der Waals surface area contributed by atoms with Crippen molar-refractivity contribution in [3.8, 4) is 45.1 Å². The molecule has 8 rings (SSSR count). The third kappa shape index (κ3) is 6.69. The first-order chi connectivity index (χ1) is 26.6. The molecule has 4 aliphatic heterocycles. The molecule has 1 unspecified atom stereocenters. The van der Waals surface area contributed by atoms with Gasteiger partial charge in [0.1, 0.15) is 48.9 Å². The van der Waals surface area contributed by atoms with Crippen LogP contribution in [0.5, 0.6) is 11.5 Å². The lowest BCUT2D eigenvalue weighted by Gasteiger charge is -2.30. The van der Waals surface area contributed by atoms with Crippen molar-refractivity contribution in [2.75, 3.05) is 33.9 Å². The summed E-state index contributed by atoms with van der Waals surface area (Å²) in [5.41, 5.74) is 7.40. The van der Waals surface area contributed by atoms with Crippen molar-refractivity contribution < 1.29 is 38.1 Å². The van der Waals surface area contributed by atoms with E-state index in [1.54, 1.807) is 22.2 Å². The summed E-state index contributed by atoms with van der Waals surface area (Å²) in [5, 5.41) is 5.16. The standard InChI is InChI=1S/C39H44N8O8/c1-20(2)34(45-39(51)53-4)37(49)47-10-6-8-28(47)36-41-16-26(44-36)22-12-24-19-54-29-13-21(11-23-18-55-30(14-22)33(24)32(23)29)25-15-40-35(43-25)27-7-5-9-46(27)31(48)17-42-38(50)52-3/h11-16,20,27-28,34H,5-10,17-19H2,1-4H3,(H,40,43)(H,41,44)(H,42,50)(H,45,51)/t27-,28-,34?/m1/s1. The molecule has 0 bridgehead atoms.